The number of ether oxygens (including phenoxy) is 1. The van der Waals surface area contributed by atoms with Gasteiger partial charge in [0.25, 0.3) is 0 Å². The van der Waals surface area contributed by atoms with Gasteiger partial charge in [0.2, 0.25) is 0 Å². The van der Waals surface area contributed by atoms with E-state index in [0.29, 0.717) is 6.04 Å². The molecule has 4 heteroatoms. The van der Waals surface area contributed by atoms with Crippen molar-refractivity contribution in [2.45, 2.75) is 50.8 Å². The molecular formula is C13H21N3O. The Morgan fingerprint density at radius 3 is 3.24 bits per heavy atom. The number of nitrogens with one attached hydrogen (secondary N) is 1. The van der Waals surface area contributed by atoms with Crippen molar-refractivity contribution in [3.05, 3.63) is 18.2 Å². The average Bonchev–Trinajstić information content (AvgIpc) is 2.98. The Morgan fingerprint density at radius 1 is 1.59 bits per heavy atom. The Kier molecular flexibility index (Phi) is 2.92. The second-order valence-electron chi connectivity index (χ2n) is 5.50. The third-order valence-electron chi connectivity index (χ3n) is 3.97. The summed E-state index contributed by atoms with van der Waals surface area (Å²) in [6, 6.07) is 0.488. The van der Waals surface area contributed by atoms with Gasteiger partial charge in [0.05, 0.1) is 24.2 Å². The molecule has 0 radical (unpaired) electrons. The molecular weight excluding hydrogens is 214 g/mol. The molecule has 2 aliphatic rings. The van der Waals surface area contributed by atoms with Crippen LogP contribution in [0.2, 0.25) is 0 Å². The van der Waals surface area contributed by atoms with Gasteiger partial charge in [-0.25, -0.2) is 4.98 Å². The fourth-order valence-corrected chi connectivity index (χ4v) is 3.01. The van der Waals surface area contributed by atoms with E-state index in [-0.39, 0.29) is 5.60 Å². The lowest BCUT2D eigenvalue weighted by Gasteiger charge is -2.25. The number of nitrogens with zero attached hydrogens (tertiary/aromatic N) is 2. The summed E-state index contributed by atoms with van der Waals surface area (Å²) in [6.45, 7) is 5.18. The Bertz CT molecular complexity index is 376. The van der Waals surface area contributed by atoms with Crippen molar-refractivity contribution >= 4 is 0 Å². The first-order chi connectivity index (χ1) is 8.27. The van der Waals surface area contributed by atoms with Crippen molar-refractivity contribution in [1.29, 1.82) is 0 Å². The minimum atomic E-state index is 0.00799. The summed E-state index contributed by atoms with van der Waals surface area (Å²) in [5.41, 5.74) is 1.33. The van der Waals surface area contributed by atoms with Crippen LogP contribution in [0.4, 0.5) is 0 Å². The highest BCUT2D eigenvalue weighted by Gasteiger charge is 2.31. The first kappa shape index (κ1) is 11.2. The maximum absolute atomic E-state index is 5.86. The molecule has 0 bridgehead atoms. The maximum atomic E-state index is 5.86. The summed E-state index contributed by atoms with van der Waals surface area (Å²) in [5, 5.41) is 3.54. The largest absolute Gasteiger partial charge is 0.373 e. The topological polar surface area (TPSA) is 39.1 Å². The van der Waals surface area contributed by atoms with Gasteiger partial charge in [-0.05, 0) is 39.2 Å². The second-order valence-corrected chi connectivity index (χ2v) is 5.50. The van der Waals surface area contributed by atoms with Gasteiger partial charge in [-0.2, -0.15) is 0 Å². The molecule has 17 heavy (non-hydrogen) atoms. The number of aromatic nitrogens is 2. The molecule has 1 aromatic rings. The summed E-state index contributed by atoms with van der Waals surface area (Å²) in [7, 11) is 0. The highest BCUT2D eigenvalue weighted by atomic mass is 16.5. The third-order valence-corrected chi connectivity index (χ3v) is 3.97. The van der Waals surface area contributed by atoms with E-state index in [1.54, 1.807) is 0 Å². The molecule has 2 aliphatic heterocycles. The highest BCUT2D eigenvalue weighted by molar-refractivity contribution is 5.08. The molecule has 1 aromatic heterocycles. The maximum Gasteiger partial charge on any atom is 0.0949 e. The van der Waals surface area contributed by atoms with E-state index in [1.165, 1.54) is 25.0 Å². The molecule has 2 saturated heterocycles. The van der Waals surface area contributed by atoms with Gasteiger partial charge in [0, 0.05) is 18.8 Å². The number of hydrogen-bond acceptors (Lipinski definition) is 3. The van der Waals surface area contributed by atoms with Crippen LogP contribution < -0.4 is 5.32 Å². The van der Waals surface area contributed by atoms with Crippen LogP contribution in [0.15, 0.2) is 12.5 Å². The average molecular weight is 235 g/mol. The molecule has 2 fully saturated rings. The van der Waals surface area contributed by atoms with Gasteiger partial charge in [0.15, 0.2) is 0 Å². The van der Waals surface area contributed by atoms with Crippen LogP contribution in [0.5, 0.6) is 0 Å². The van der Waals surface area contributed by atoms with Gasteiger partial charge in [-0.3, -0.25) is 0 Å². The molecule has 3 rings (SSSR count). The van der Waals surface area contributed by atoms with Crippen molar-refractivity contribution < 1.29 is 4.74 Å². The SMILES string of the molecule is CC1(Cn2cncc2C2CCCN2)CCCO1. The Morgan fingerprint density at radius 2 is 2.53 bits per heavy atom. The van der Waals surface area contributed by atoms with E-state index in [9.17, 15) is 0 Å². The van der Waals surface area contributed by atoms with Crippen molar-refractivity contribution in [1.82, 2.24) is 14.9 Å². The van der Waals surface area contributed by atoms with Crippen molar-refractivity contribution in [3.63, 3.8) is 0 Å². The van der Waals surface area contributed by atoms with Gasteiger partial charge < -0.3 is 14.6 Å². The zero-order chi connectivity index (χ0) is 11.7. The summed E-state index contributed by atoms with van der Waals surface area (Å²) in [5.74, 6) is 0. The molecule has 4 nitrogen and oxygen atoms in total. The normalized spacial score (nSPS) is 33.4. The van der Waals surface area contributed by atoms with E-state index in [2.05, 4.69) is 21.8 Å². The zero-order valence-electron chi connectivity index (χ0n) is 10.5. The molecule has 0 spiro atoms. The number of rotatable bonds is 3. The lowest BCUT2D eigenvalue weighted by molar-refractivity contribution is 0.00544. The van der Waals surface area contributed by atoms with Crippen LogP contribution in [-0.2, 0) is 11.3 Å². The van der Waals surface area contributed by atoms with Crippen LogP contribution in [0.1, 0.15) is 44.3 Å². The molecule has 3 heterocycles. The van der Waals surface area contributed by atoms with E-state index in [1.807, 2.05) is 12.5 Å². The van der Waals surface area contributed by atoms with Crippen LogP contribution >= 0.6 is 0 Å². The number of hydrogen-bond donors (Lipinski definition) is 1. The highest BCUT2D eigenvalue weighted by Crippen LogP contribution is 2.29. The molecule has 0 aliphatic carbocycles. The smallest absolute Gasteiger partial charge is 0.0949 e. The van der Waals surface area contributed by atoms with Crippen molar-refractivity contribution in [3.8, 4) is 0 Å². The molecule has 1 N–H and O–H groups in total. The first-order valence-electron chi connectivity index (χ1n) is 6.64. The molecule has 0 aromatic carbocycles. The summed E-state index contributed by atoms with van der Waals surface area (Å²) in [4.78, 5) is 4.31. The lowest BCUT2D eigenvalue weighted by Crippen LogP contribution is -2.31. The Labute approximate surface area is 102 Å². The van der Waals surface area contributed by atoms with Gasteiger partial charge in [-0.1, -0.05) is 0 Å². The first-order valence-corrected chi connectivity index (χ1v) is 6.64. The predicted molar refractivity (Wildman–Crippen MR) is 65.8 cm³/mol. The van der Waals surface area contributed by atoms with E-state index >= 15 is 0 Å². The molecule has 2 atom stereocenters. The van der Waals surface area contributed by atoms with E-state index in [4.69, 9.17) is 4.74 Å². The van der Waals surface area contributed by atoms with Gasteiger partial charge in [0.1, 0.15) is 0 Å². The van der Waals surface area contributed by atoms with Crippen LogP contribution in [0.25, 0.3) is 0 Å². The minimum Gasteiger partial charge on any atom is -0.373 e. The van der Waals surface area contributed by atoms with Crippen molar-refractivity contribution in [2.75, 3.05) is 13.2 Å². The quantitative estimate of drug-likeness (QED) is 0.869. The fraction of sp³-hybridized carbons (Fsp3) is 0.769. The molecule has 0 saturated carbocycles. The number of imidazole rings is 1. The van der Waals surface area contributed by atoms with Crippen LogP contribution in [-0.4, -0.2) is 28.3 Å². The van der Waals surface area contributed by atoms with Crippen LogP contribution in [0, 0.1) is 0 Å². The summed E-state index contributed by atoms with van der Waals surface area (Å²) < 4.78 is 8.13. The molecule has 0 amide bonds. The van der Waals surface area contributed by atoms with Crippen LogP contribution in [0.3, 0.4) is 0 Å². The second kappa shape index (κ2) is 4.42. The van der Waals surface area contributed by atoms with E-state index < -0.39 is 0 Å². The Balaban J connectivity index is 1.76. The van der Waals surface area contributed by atoms with Crippen molar-refractivity contribution in [2.24, 2.45) is 0 Å². The molecule has 2 unspecified atom stereocenters. The standard InChI is InChI=1S/C13H21N3O/c1-13(5-3-7-17-13)9-16-10-14-8-12(16)11-4-2-6-15-11/h8,10-11,15H,2-7,9H2,1H3. The predicted octanol–water partition coefficient (Wildman–Crippen LogP) is 1.88. The van der Waals surface area contributed by atoms with Gasteiger partial charge >= 0.3 is 0 Å². The fourth-order valence-electron chi connectivity index (χ4n) is 3.01. The zero-order valence-corrected chi connectivity index (χ0v) is 10.5. The molecule has 94 valence electrons. The van der Waals surface area contributed by atoms with E-state index in [0.717, 1.165) is 26.1 Å². The monoisotopic (exact) mass is 235 g/mol. The lowest BCUT2D eigenvalue weighted by atomic mass is 10.0. The Hall–Kier alpha value is -0.870. The summed E-state index contributed by atoms with van der Waals surface area (Å²) >= 11 is 0. The minimum absolute atomic E-state index is 0.00799. The third kappa shape index (κ3) is 2.24. The van der Waals surface area contributed by atoms with Gasteiger partial charge in [-0.15, -0.1) is 0 Å². The summed E-state index contributed by atoms with van der Waals surface area (Å²) in [6.07, 6.45) is 8.78.